The van der Waals surface area contributed by atoms with Crippen LogP contribution in [0.2, 0.25) is 0 Å². The van der Waals surface area contributed by atoms with Crippen molar-refractivity contribution in [2.45, 2.75) is 5.03 Å². The molecule has 0 unspecified atom stereocenters. The van der Waals surface area contributed by atoms with Gasteiger partial charge < -0.3 is 0 Å². The van der Waals surface area contributed by atoms with E-state index in [9.17, 15) is 8.42 Å². The van der Waals surface area contributed by atoms with Gasteiger partial charge in [0.05, 0.1) is 5.56 Å². The monoisotopic (exact) mass is 183 g/mol. The van der Waals surface area contributed by atoms with Gasteiger partial charge >= 0.3 is 0 Å². The Balaban J connectivity index is 3.47. The van der Waals surface area contributed by atoms with Crippen molar-refractivity contribution in [2.75, 3.05) is 0 Å². The van der Waals surface area contributed by atoms with E-state index in [1.807, 2.05) is 0 Å². The van der Waals surface area contributed by atoms with Crippen molar-refractivity contribution in [3.63, 3.8) is 0 Å². The van der Waals surface area contributed by atoms with Crippen LogP contribution in [0.1, 0.15) is 5.56 Å². The van der Waals surface area contributed by atoms with E-state index >= 15 is 0 Å². The molecule has 0 aliphatic carbocycles. The molecule has 12 heavy (non-hydrogen) atoms. The lowest BCUT2D eigenvalue weighted by atomic mass is 10.3. The molecule has 0 aliphatic heterocycles. The van der Waals surface area contributed by atoms with Crippen LogP contribution in [0.5, 0.6) is 0 Å². The van der Waals surface area contributed by atoms with Crippen LogP contribution in [0.3, 0.4) is 0 Å². The topological polar surface area (TPSA) is 96.8 Å². The molecule has 0 radical (unpaired) electrons. The second-order valence-electron chi connectivity index (χ2n) is 2.01. The van der Waals surface area contributed by atoms with Crippen LogP contribution in [0.4, 0.5) is 0 Å². The lowest BCUT2D eigenvalue weighted by Gasteiger charge is -1.96. The van der Waals surface area contributed by atoms with Gasteiger partial charge in [-0.2, -0.15) is 5.26 Å². The number of sulfonamides is 1. The third kappa shape index (κ3) is 1.58. The van der Waals surface area contributed by atoms with Crippen LogP contribution in [0.15, 0.2) is 23.4 Å². The quantitative estimate of drug-likeness (QED) is 0.640. The number of primary sulfonamides is 1. The van der Waals surface area contributed by atoms with Gasteiger partial charge in [0.15, 0.2) is 5.03 Å². The first kappa shape index (κ1) is 8.64. The summed E-state index contributed by atoms with van der Waals surface area (Å²) in [6, 6.07) is 4.49. The molecule has 0 amide bonds. The average molecular weight is 183 g/mol. The second kappa shape index (κ2) is 2.89. The molecule has 5 nitrogen and oxygen atoms in total. The van der Waals surface area contributed by atoms with Gasteiger partial charge in [-0.15, -0.1) is 0 Å². The Morgan fingerprint density at radius 1 is 1.58 bits per heavy atom. The SMILES string of the molecule is N#Cc1cccnc1S(N)(=O)=O. The Hall–Kier alpha value is -1.45. The minimum absolute atomic E-state index is 0.0417. The third-order valence-electron chi connectivity index (χ3n) is 1.16. The highest BCUT2D eigenvalue weighted by Gasteiger charge is 2.13. The molecule has 1 rings (SSSR count). The number of nitrogens with zero attached hydrogens (tertiary/aromatic N) is 2. The molecule has 0 aromatic carbocycles. The van der Waals surface area contributed by atoms with Crippen molar-refractivity contribution in [1.82, 2.24) is 4.98 Å². The van der Waals surface area contributed by atoms with Crippen LogP contribution in [-0.4, -0.2) is 13.4 Å². The standard InChI is InChI=1S/C6H5N3O2S/c7-4-5-2-1-3-9-6(5)12(8,10)11/h1-3H,(H2,8,10,11). The van der Waals surface area contributed by atoms with Crippen molar-refractivity contribution in [2.24, 2.45) is 5.14 Å². The molecule has 0 spiro atoms. The van der Waals surface area contributed by atoms with E-state index in [4.69, 9.17) is 10.4 Å². The van der Waals surface area contributed by atoms with Gasteiger partial charge in [0, 0.05) is 6.20 Å². The van der Waals surface area contributed by atoms with Crippen LogP contribution in [0.25, 0.3) is 0 Å². The molecule has 0 aliphatic rings. The van der Waals surface area contributed by atoms with E-state index in [2.05, 4.69) is 4.98 Å². The summed E-state index contributed by atoms with van der Waals surface area (Å²) in [5, 5.41) is 12.9. The number of hydrogen-bond donors (Lipinski definition) is 1. The largest absolute Gasteiger partial charge is 0.256 e. The highest BCUT2D eigenvalue weighted by Crippen LogP contribution is 2.07. The molecular formula is C6H5N3O2S. The molecule has 62 valence electrons. The zero-order chi connectivity index (χ0) is 9.19. The van der Waals surface area contributed by atoms with Crippen molar-refractivity contribution in [1.29, 1.82) is 5.26 Å². The average Bonchev–Trinajstić information content (AvgIpc) is 2.03. The number of nitriles is 1. The maximum absolute atomic E-state index is 10.8. The summed E-state index contributed by atoms with van der Waals surface area (Å²) in [6.07, 6.45) is 1.26. The van der Waals surface area contributed by atoms with Crippen molar-refractivity contribution < 1.29 is 8.42 Å². The number of nitrogens with two attached hydrogens (primary N) is 1. The second-order valence-corrected chi connectivity index (χ2v) is 3.49. The lowest BCUT2D eigenvalue weighted by Crippen LogP contribution is -2.15. The zero-order valence-electron chi connectivity index (χ0n) is 5.93. The summed E-state index contributed by atoms with van der Waals surface area (Å²) in [6.45, 7) is 0. The van der Waals surface area contributed by atoms with Crippen LogP contribution in [0, 0.1) is 11.3 Å². The minimum atomic E-state index is -3.88. The minimum Gasteiger partial charge on any atom is -0.242 e. The van der Waals surface area contributed by atoms with Crippen LogP contribution >= 0.6 is 0 Å². The summed E-state index contributed by atoms with van der Waals surface area (Å²) < 4.78 is 21.6. The van der Waals surface area contributed by atoms with E-state index in [0.717, 1.165) is 0 Å². The molecule has 0 fully saturated rings. The summed E-state index contributed by atoms with van der Waals surface area (Å²) in [7, 11) is -3.88. The van der Waals surface area contributed by atoms with Gasteiger partial charge in [0.2, 0.25) is 0 Å². The number of pyridine rings is 1. The Morgan fingerprint density at radius 3 is 2.67 bits per heavy atom. The molecule has 6 heteroatoms. The van der Waals surface area contributed by atoms with E-state index < -0.39 is 10.0 Å². The smallest absolute Gasteiger partial charge is 0.242 e. The van der Waals surface area contributed by atoms with Crippen molar-refractivity contribution >= 4 is 10.0 Å². The van der Waals surface area contributed by atoms with E-state index in [-0.39, 0.29) is 10.6 Å². The van der Waals surface area contributed by atoms with E-state index in [0.29, 0.717) is 0 Å². The van der Waals surface area contributed by atoms with Gasteiger partial charge in [-0.25, -0.2) is 18.5 Å². The zero-order valence-corrected chi connectivity index (χ0v) is 6.75. The highest BCUT2D eigenvalue weighted by molar-refractivity contribution is 7.89. The Labute approximate surface area is 69.5 Å². The van der Waals surface area contributed by atoms with Crippen LogP contribution < -0.4 is 5.14 Å². The predicted octanol–water partition coefficient (Wildman–Crippen LogP) is -0.399. The predicted molar refractivity (Wildman–Crippen MR) is 40.3 cm³/mol. The van der Waals surface area contributed by atoms with Crippen LogP contribution in [-0.2, 0) is 10.0 Å². The Morgan fingerprint density at radius 2 is 2.25 bits per heavy atom. The lowest BCUT2D eigenvalue weighted by molar-refractivity contribution is 0.593. The highest BCUT2D eigenvalue weighted by atomic mass is 32.2. The molecule has 0 saturated carbocycles. The number of rotatable bonds is 1. The van der Waals surface area contributed by atoms with Gasteiger partial charge in [0.25, 0.3) is 10.0 Å². The van der Waals surface area contributed by atoms with Crippen molar-refractivity contribution in [3.8, 4) is 6.07 Å². The van der Waals surface area contributed by atoms with Gasteiger partial charge in [0.1, 0.15) is 6.07 Å². The van der Waals surface area contributed by atoms with Gasteiger partial charge in [-0.3, -0.25) is 0 Å². The fourth-order valence-corrected chi connectivity index (χ4v) is 1.33. The molecule has 0 bridgehead atoms. The molecule has 0 atom stereocenters. The first-order valence-corrected chi connectivity index (χ1v) is 4.48. The first-order valence-electron chi connectivity index (χ1n) is 2.93. The fraction of sp³-hybridized carbons (Fsp3) is 0. The normalized spacial score (nSPS) is 10.7. The van der Waals surface area contributed by atoms with E-state index in [1.165, 1.54) is 18.3 Å². The molecule has 2 N–H and O–H groups in total. The Kier molecular flexibility index (Phi) is 2.08. The third-order valence-corrected chi connectivity index (χ3v) is 2.03. The Bertz CT molecular complexity index is 432. The summed E-state index contributed by atoms with van der Waals surface area (Å²) in [5.41, 5.74) is -0.0417. The number of hydrogen-bond acceptors (Lipinski definition) is 4. The first-order chi connectivity index (χ1) is 5.55. The van der Waals surface area contributed by atoms with Crippen molar-refractivity contribution in [3.05, 3.63) is 23.9 Å². The maximum Gasteiger partial charge on any atom is 0.256 e. The fourth-order valence-electron chi connectivity index (χ4n) is 0.703. The van der Waals surface area contributed by atoms with E-state index in [1.54, 1.807) is 6.07 Å². The summed E-state index contributed by atoms with van der Waals surface area (Å²) in [4.78, 5) is 3.49. The molecule has 1 aromatic rings. The van der Waals surface area contributed by atoms with Gasteiger partial charge in [-0.1, -0.05) is 0 Å². The summed E-state index contributed by atoms with van der Waals surface area (Å²) in [5.74, 6) is 0. The van der Waals surface area contributed by atoms with Gasteiger partial charge in [-0.05, 0) is 12.1 Å². The molecule has 1 heterocycles. The molecule has 0 saturated heterocycles. The number of aromatic nitrogens is 1. The summed E-state index contributed by atoms with van der Waals surface area (Å²) >= 11 is 0. The molecule has 1 aromatic heterocycles. The maximum atomic E-state index is 10.8. The molecular weight excluding hydrogens is 178 g/mol.